The van der Waals surface area contributed by atoms with E-state index in [1.807, 2.05) is 0 Å². The van der Waals surface area contributed by atoms with Crippen molar-refractivity contribution in [3.05, 3.63) is 52.5 Å². The lowest BCUT2D eigenvalue weighted by molar-refractivity contribution is 0.0698. The van der Waals surface area contributed by atoms with Crippen LogP contribution < -0.4 is 5.32 Å². The molecule has 1 aromatic heterocycles. The zero-order chi connectivity index (χ0) is 13.8. The number of aromatic carboxylic acids is 1. The molecular weight excluding hydrogens is 314 g/mol. The van der Waals surface area contributed by atoms with Crippen LogP contribution in [0, 0.1) is 0 Å². The number of amides is 1. The van der Waals surface area contributed by atoms with Gasteiger partial charge in [-0.15, -0.1) is 0 Å². The van der Waals surface area contributed by atoms with Gasteiger partial charge in [-0.1, -0.05) is 6.07 Å². The molecule has 0 atom stereocenters. The quantitative estimate of drug-likeness (QED) is 0.904. The largest absolute Gasteiger partial charge is 0.478 e. The zero-order valence-corrected chi connectivity index (χ0v) is 11.1. The van der Waals surface area contributed by atoms with E-state index in [4.69, 9.17) is 5.11 Å². The number of carboxylic acids is 1. The van der Waals surface area contributed by atoms with Crippen LogP contribution in [0.3, 0.4) is 0 Å². The molecule has 19 heavy (non-hydrogen) atoms. The van der Waals surface area contributed by atoms with Crippen LogP contribution in [0.15, 0.2) is 41.3 Å². The number of carbonyl (C=O) groups excluding carboxylic acids is 1. The first kappa shape index (κ1) is 13.2. The van der Waals surface area contributed by atoms with Gasteiger partial charge in [0, 0.05) is 16.9 Å². The maximum absolute atomic E-state index is 11.9. The lowest BCUT2D eigenvalue weighted by atomic mass is 10.2. The van der Waals surface area contributed by atoms with E-state index in [0.29, 0.717) is 4.47 Å². The molecule has 0 bridgehead atoms. The lowest BCUT2D eigenvalue weighted by Gasteiger charge is -2.09. The number of carboxylic acid groups (broad SMARTS) is 1. The summed E-state index contributed by atoms with van der Waals surface area (Å²) in [6, 6.07) is 4.61. The minimum atomic E-state index is -1.13. The van der Waals surface area contributed by atoms with Gasteiger partial charge in [-0.2, -0.15) is 0 Å². The fourth-order valence-corrected chi connectivity index (χ4v) is 1.89. The summed E-state index contributed by atoms with van der Waals surface area (Å²) in [5.41, 5.74) is 0.284. The molecule has 0 fully saturated rings. The van der Waals surface area contributed by atoms with Crippen molar-refractivity contribution in [3.63, 3.8) is 0 Å². The summed E-state index contributed by atoms with van der Waals surface area (Å²) in [7, 11) is 0. The number of benzene rings is 1. The molecule has 1 heterocycles. The first-order chi connectivity index (χ1) is 9.09. The molecule has 96 valence electrons. The van der Waals surface area contributed by atoms with Gasteiger partial charge in [0.2, 0.25) is 0 Å². The van der Waals surface area contributed by atoms with E-state index in [-0.39, 0.29) is 16.9 Å². The average Bonchev–Trinajstić information content (AvgIpc) is 2.41. The number of hydrogen-bond acceptors (Lipinski definition) is 4. The summed E-state index contributed by atoms with van der Waals surface area (Å²) < 4.78 is 0.477. The fraction of sp³-hybridized carbons (Fsp3) is 0. The molecule has 0 radical (unpaired) electrons. The van der Waals surface area contributed by atoms with Crippen LogP contribution in [0.1, 0.15) is 20.8 Å². The predicted molar refractivity (Wildman–Crippen MR) is 71.1 cm³/mol. The summed E-state index contributed by atoms with van der Waals surface area (Å²) in [4.78, 5) is 30.6. The molecule has 0 aliphatic heterocycles. The zero-order valence-electron chi connectivity index (χ0n) is 9.50. The van der Waals surface area contributed by atoms with E-state index in [1.165, 1.54) is 24.7 Å². The molecule has 2 aromatic rings. The third kappa shape index (κ3) is 2.94. The van der Waals surface area contributed by atoms with Crippen molar-refractivity contribution in [2.75, 3.05) is 5.32 Å². The van der Waals surface area contributed by atoms with Crippen LogP contribution in [0.4, 0.5) is 5.69 Å². The maximum Gasteiger partial charge on any atom is 0.337 e. The summed E-state index contributed by atoms with van der Waals surface area (Å²) in [5.74, 6) is -1.65. The van der Waals surface area contributed by atoms with Crippen LogP contribution in [0.25, 0.3) is 0 Å². The van der Waals surface area contributed by atoms with E-state index in [9.17, 15) is 9.59 Å². The molecule has 0 aliphatic carbocycles. The number of para-hydroxylation sites is 1. The van der Waals surface area contributed by atoms with Crippen LogP contribution in [-0.4, -0.2) is 27.0 Å². The van der Waals surface area contributed by atoms with Crippen molar-refractivity contribution in [3.8, 4) is 0 Å². The molecule has 7 heteroatoms. The molecular formula is C12H8BrN3O3. The SMILES string of the molecule is O=C(Nc1c(Br)cccc1C(=O)O)c1cnccn1. The van der Waals surface area contributed by atoms with Gasteiger partial charge in [0.15, 0.2) is 0 Å². The molecule has 2 N–H and O–H groups in total. The smallest absolute Gasteiger partial charge is 0.337 e. The highest BCUT2D eigenvalue weighted by molar-refractivity contribution is 9.10. The topological polar surface area (TPSA) is 92.2 Å². The van der Waals surface area contributed by atoms with Crippen LogP contribution in [0.5, 0.6) is 0 Å². The van der Waals surface area contributed by atoms with Crippen molar-refractivity contribution < 1.29 is 14.7 Å². The average molecular weight is 322 g/mol. The summed E-state index contributed by atoms with van der Waals surface area (Å²) >= 11 is 3.20. The third-order valence-electron chi connectivity index (χ3n) is 2.28. The van der Waals surface area contributed by atoms with Crippen molar-refractivity contribution >= 4 is 33.5 Å². The highest BCUT2D eigenvalue weighted by atomic mass is 79.9. The number of aromatic nitrogens is 2. The first-order valence-electron chi connectivity index (χ1n) is 5.19. The molecule has 1 amide bonds. The van der Waals surface area contributed by atoms with Crippen molar-refractivity contribution in [1.82, 2.24) is 9.97 Å². The standard InChI is InChI=1S/C12H8BrN3O3/c13-8-3-1-2-7(12(18)19)10(8)16-11(17)9-6-14-4-5-15-9/h1-6H,(H,16,17)(H,18,19). The Morgan fingerprint density at radius 2 is 2.05 bits per heavy atom. The lowest BCUT2D eigenvalue weighted by Crippen LogP contribution is -2.16. The van der Waals surface area contributed by atoms with E-state index >= 15 is 0 Å². The summed E-state index contributed by atoms with van der Waals surface area (Å²) in [6.07, 6.45) is 4.12. The monoisotopic (exact) mass is 321 g/mol. The van der Waals surface area contributed by atoms with Crippen molar-refractivity contribution in [2.24, 2.45) is 0 Å². The number of anilines is 1. The number of carbonyl (C=O) groups is 2. The highest BCUT2D eigenvalue weighted by Gasteiger charge is 2.16. The number of nitrogens with one attached hydrogen (secondary N) is 1. The van der Waals surface area contributed by atoms with Gasteiger partial charge in [-0.3, -0.25) is 9.78 Å². The Morgan fingerprint density at radius 1 is 1.26 bits per heavy atom. The van der Waals surface area contributed by atoms with E-state index in [0.717, 1.165) is 0 Å². The van der Waals surface area contributed by atoms with E-state index in [2.05, 4.69) is 31.2 Å². The summed E-state index contributed by atoms with van der Waals surface area (Å²) in [6.45, 7) is 0. The number of rotatable bonds is 3. The van der Waals surface area contributed by atoms with Crippen LogP contribution in [-0.2, 0) is 0 Å². The van der Waals surface area contributed by atoms with Gasteiger partial charge in [-0.05, 0) is 28.1 Å². The minimum Gasteiger partial charge on any atom is -0.478 e. The maximum atomic E-state index is 11.9. The molecule has 0 aliphatic rings. The molecule has 0 saturated heterocycles. The normalized spacial score (nSPS) is 9.95. The second kappa shape index (κ2) is 5.57. The fourth-order valence-electron chi connectivity index (χ4n) is 1.42. The molecule has 0 unspecified atom stereocenters. The highest BCUT2D eigenvalue weighted by Crippen LogP contribution is 2.26. The molecule has 0 saturated carbocycles. The van der Waals surface area contributed by atoms with Crippen LogP contribution in [0.2, 0.25) is 0 Å². The molecule has 0 spiro atoms. The van der Waals surface area contributed by atoms with Crippen molar-refractivity contribution in [2.45, 2.75) is 0 Å². The third-order valence-corrected chi connectivity index (χ3v) is 2.94. The minimum absolute atomic E-state index is 0.00776. The van der Waals surface area contributed by atoms with E-state index < -0.39 is 11.9 Å². The van der Waals surface area contributed by atoms with Gasteiger partial charge >= 0.3 is 5.97 Å². The molecule has 1 aromatic carbocycles. The van der Waals surface area contributed by atoms with Gasteiger partial charge in [0.1, 0.15) is 5.69 Å². The number of nitrogens with zero attached hydrogens (tertiary/aromatic N) is 2. The number of halogens is 1. The van der Waals surface area contributed by atoms with Gasteiger partial charge < -0.3 is 10.4 Å². The Labute approximate surface area is 116 Å². The van der Waals surface area contributed by atoms with Gasteiger partial charge in [0.05, 0.1) is 17.4 Å². The second-order valence-electron chi connectivity index (χ2n) is 3.51. The first-order valence-corrected chi connectivity index (χ1v) is 5.98. The van der Waals surface area contributed by atoms with Crippen LogP contribution >= 0.6 is 15.9 Å². The molecule has 6 nitrogen and oxygen atoms in total. The predicted octanol–water partition coefficient (Wildman–Crippen LogP) is 2.19. The second-order valence-corrected chi connectivity index (χ2v) is 4.37. The Hall–Kier alpha value is -2.28. The summed E-state index contributed by atoms with van der Waals surface area (Å²) in [5, 5.41) is 11.6. The Kier molecular flexibility index (Phi) is 3.86. The van der Waals surface area contributed by atoms with E-state index in [1.54, 1.807) is 12.1 Å². The van der Waals surface area contributed by atoms with Gasteiger partial charge in [-0.25, -0.2) is 9.78 Å². The Bertz CT molecular complexity index is 631. The van der Waals surface area contributed by atoms with Gasteiger partial charge in [0.25, 0.3) is 5.91 Å². The van der Waals surface area contributed by atoms with Crippen molar-refractivity contribution in [1.29, 1.82) is 0 Å². The Morgan fingerprint density at radius 3 is 2.68 bits per heavy atom. The molecule has 2 rings (SSSR count). The number of hydrogen-bond donors (Lipinski definition) is 2. The Balaban J connectivity index is 2.34.